The maximum atomic E-state index is 13.4. The minimum atomic E-state index is -1.24. The van der Waals surface area contributed by atoms with Crippen molar-refractivity contribution in [2.24, 2.45) is 7.05 Å². The van der Waals surface area contributed by atoms with E-state index in [1.165, 1.54) is 18.2 Å². The number of benzene rings is 2. The summed E-state index contributed by atoms with van der Waals surface area (Å²) in [5, 5.41) is 20.8. The molecule has 0 radical (unpaired) electrons. The Morgan fingerprint density at radius 2 is 2.00 bits per heavy atom. The van der Waals surface area contributed by atoms with Gasteiger partial charge >= 0.3 is 5.97 Å². The van der Waals surface area contributed by atoms with Crippen LogP contribution in [0.2, 0.25) is 0 Å². The summed E-state index contributed by atoms with van der Waals surface area (Å²) in [6.45, 7) is 0. The number of nitro benzene ring substituents is 1. The molecular weight excluding hydrogens is 303 g/mol. The number of carbonyl (C=O) groups is 1. The normalized spacial score (nSPS) is 10.9. The summed E-state index contributed by atoms with van der Waals surface area (Å²) in [7, 11) is 1.62. The van der Waals surface area contributed by atoms with Crippen LogP contribution in [0, 0.1) is 15.9 Å². The summed E-state index contributed by atoms with van der Waals surface area (Å²) in [5.41, 5.74) is 0.935. The quantitative estimate of drug-likeness (QED) is 0.591. The van der Waals surface area contributed by atoms with Crippen LogP contribution in [0.3, 0.4) is 0 Å². The molecule has 1 heterocycles. The van der Waals surface area contributed by atoms with Crippen molar-refractivity contribution in [3.63, 3.8) is 0 Å². The molecule has 0 aliphatic heterocycles. The molecule has 0 amide bonds. The lowest BCUT2D eigenvalue weighted by Gasteiger charge is -2.05. The molecule has 116 valence electrons. The van der Waals surface area contributed by atoms with E-state index in [0.717, 1.165) is 6.07 Å². The molecule has 1 N–H and O–H groups in total. The van der Waals surface area contributed by atoms with Crippen LogP contribution in [-0.2, 0) is 7.05 Å². The highest BCUT2D eigenvalue weighted by Crippen LogP contribution is 2.34. The van der Waals surface area contributed by atoms with Gasteiger partial charge in [-0.1, -0.05) is 12.1 Å². The fourth-order valence-corrected chi connectivity index (χ4v) is 2.67. The maximum Gasteiger partial charge on any atom is 0.335 e. The zero-order valence-corrected chi connectivity index (χ0v) is 12.0. The first kappa shape index (κ1) is 14.7. The molecule has 3 rings (SSSR count). The fourth-order valence-electron chi connectivity index (χ4n) is 2.67. The van der Waals surface area contributed by atoms with Crippen LogP contribution >= 0.6 is 0 Å². The summed E-state index contributed by atoms with van der Waals surface area (Å²) in [6, 6.07) is 9.85. The third-order valence-electron chi connectivity index (χ3n) is 3.67. The van der Waals surface area contributed by atoms with Gasteiger partial charge < -0.3 is 9.67 Å². The van der Waals surface area contributed by atoms with Gasteiger partial charge in [-0.25, -0.2) is 9.18 Å². The zero-order valence-electron chi connectivity index (χ0n) is 12.0. The lowest BCUT2D eigenvalue weighted by atomic mass is 10.1. The Bertz CT molecular complexity index is 962. The Balaban J connectivity index is 2.35. The molecule has 0 aliphatic rings. The van der Waals surface area contributed by atoms with E-state index in [4.69, 9.17) is 5.11 Å². The van der Waals surface area contributed by atoms with Crippen LogP contribution in [0.1, 0.15) is 10.4 Å². The first-order valence-electron chi connectivity index (χ1n) is 6.65. The molecule has 1 aromatic heterocycles. The van der Waals surface area contributed by atoms with E-state index in [1.54, 1.807) is 29.8 Å². The van der Waals surface area contributed by atoms with E-state index in [9.17, 15) is 19.3 Å². The van der Waals surface area contributed by atoms with Gasteiger partial charge in [-0.2, -0.15) is 0 Å². The van der Waals surface area contributed by atoms with Gasteiger partial charge in [0.05, 0.1) is 10.5 Å². The van der Waals surface area contributed by atoms with E-state index in [-0.39, 0.29) is 11.3 Å². The van der Waals surface area contributed by atoms with Gasteiger partial charge in [-0.3, -0.25) is 10.1 Å². The molecule has 7 heteroatoms. The van der Waals surface area contributed by atoms with Crippen LogP contribution in [0.5, 0.6) is 0 Å². The topological polar surface area (TPSA) is 85.4 Å². The van der Waals surface area contributed by atoms with Crippen molar-refractivity contribution in [3.8, 4) is 11.3 Å². The molecule has 23 heavy (non-hydrogen) atoms. The van der Waals surface area contributed by atoms with Crippen molar-refractivity contribution in [2.45, 2.75) is 0 Å². The molecule has 6 nitrogen and oxygen atoms in total. The van der Waals surface area contributed by atoms with Gasteiger partial charge in [0.2, 0.25) is 0 Å². The smallest absolute Gasteiger partial charge is 0.335 e. The lowest BCUT2D eigenvalue weighted by molar-refractivity contribution is -0.383. The number of carboxylic acid groups (broad SMARTS) is 1. The molecule has 0 bridgehead atoms. The van der Waals surface area contributed by atoms with Crippen LogP contribution in [0.15, 0.2) is 42.5 Å². The highest BCUT2D eigenvalue weighted by molar-refractivity contribution is 6.00. The number of aromatic nitrogens is 1. The standard InChI is InChI=1S/C16H11FN2O4/c1-18-13(9-3-2-4-12(17)6-9)7-10-5-11(16(20)21)8-14(15(10)18)19(22)23/h2-8H,1H3,(H,20,21). The number of fused-ring (bicyclic) bond motifs is 1. The summed E-state index contributed by atoms with van der Waals surface area (Å²) >= 11 is 0. The number of aromatic carboxylic acids is 1. The number of carboxylic acids is 1. The molecule has 3 aromatic rings. The SMILES string of the molecule is Cn1c(-c2cccc(F)c2)cc2cc(C(=O)O)cc([N+](=O)[O-])c21. The van der Waals surface area contributed by atoms with Gasteiger partial charge in [-0.05, 0) is 24.3 Å². The third-order valence-corrected chi connectivity index (χ3v) is 3.67. The average molecular weight is 314 g/mol. The molecule has 0 spiro atoms. The Labute approximate surface area is 129 Å². The fraction of sp³-hybridized carbons (Fsp3) is 0.0625. The predicted molar refractivity (Wildman–Crippen MR) is 81.9 cm³/mol. The second-order valence-electron chi connectivity index (χ2n) is 5.09. The first-order valence-corrected chi connectivity index (χ1v) is 6.65. The summed E-state index contributed by atoms with van der Waals surface area (Å²) in [6.07, 6.45) is 0. The minimum Gasteiger partial charge on any atom is -0.478 e. The number of hydrogen-bond donors (Lipinski definition) is 1. The van der Waals surface area contributed by atoms with Crippen molar-refractivity contribution in [3.05, 3.63) is 64.0 Å². The number of rotatable bonds is 3. The van der Waals surface area contributed by atoms with Gasteiger partial charge in [0.15, 0.2) is 0 Å². The monoisotopic (exact) mass is 314 g/mol. The van der Waals surface area contributed by atoms with Crippen molar-refractivity contribution in [2.75, 3.05) is 0 Å². The van der Waals surface area contributed by atoms with Crippen LogP contribution in [0.25, 0.3) is 22.2 Å². The Hall–Kier alpha value is -3.22. The summed E-state index contributed by atoms with van der Waals surface area (Å²) < 4.78 is 15.0. The third kappa shape index (κ3) is 2.42. The molecule has 0 saturated carbocycles. The highest BCUT2D eigenvalue weighted by atomic mass is 19.1. The van der Waals surface area contributed by atoms with Crippen LogP contribution < -0.4 is 0 Å². The Kier molecular flexibility index (Phi) is 3.33. The summed E-state index contributed by atoms with van der Waals surface area (Å²) in [4.78, 5) is 21.8. The zero-order chi connectivity index (χ0) is 16.7. The van der Waals surface area contributed by atoms with Gasteiger partial charge in [0.1, 0.15) is 11.3 Å². The molecule has 0 atom stereocenters. The van der Waals surface area contributed by atoms with Crippen molar-refractivity contribution >= 4 is 22.6 Å². The number of nitro groups is 1. The van der Waals surface area contributed by atoms with Gasteiger partial charge in [0, 0.05) is 29.8 Å². The minimum absolute atomic E-state index is 0.166. The lowest BCUT2D eigenvalue weighted by Crippen LogP contribution is -2.01. The molecule has 2 aromatic carbocycles. The number of aryl methyl sites for hydroxylation is 1. The first-order chi connectivity index (χ1) is 10.9. The van der Waals surface area contributed by atoms with E-state index < -0.39 is 16.7 Å². The van der Waals surface area contributed by atoms with E-state index in [1.807, 2.05) is 0 Å². The highest BCUT2D eigenvalue weighted by Gasteiger charge is 2.21. The van der Waals surface area contributed by atoms with Gasteiger partial charge in [-0.15, -0.1) is 0 Å². The number of hydrogen-bond acceptors (Lipinski definition) is 3. The molecular formula is C16H11FN2O4. The second-order valence-corrected chi connectivity index (χ2v) is 5.09. The van der Waals surface area contributed by atoms with E-state index in [2.05, 4.69) is 0 Å². The Morgan fingerprint density at radius 1 is 1.26 bits per heavy atom. The van der Waals surface area contributed by atoms with Gasteiger partial charge in [0.25, 0.3) is 5.69 Å². The predicted octanol–water partition coefficient (Wildman–Crippen LogP) is 3.59. The number of halogens is 1. The largest absolute Gasteiger partial charge is 0.478 e. The molecule has 0 aliphatic carbocycles. The van der Waals surface area contributed by atoms with Crippen molar-refractivity contribution in [1.82, 2.24) is 4.57 Å². The van der Waals surface area contributed by atoms with E-state index in [0.29, 0.717) is 22.2 Å². The number of non-ortho nitro benzene ring substituents is 1. The van der Waals surface area contributed by atoms with Crippen LogP contribution in [0.4, 0.5) is 10.1 Å². The van der Waals surface area contributed by atoms with Crippen molar-refractivity contribution < 1.29 is 19.2 Å². The molecule has 0 saturated heterocycles. The average Bonchev–Trinajstić information content (AvgIpc) is 2.83. The summed E-state index contributed by atoms with van der Waals surface area (Å²) in [5.74, 6) is -1.67. The van der Waals surface area contributed by atoms with Crippen molar-refractivity contribution in [1.29, 1.82) is 0 Å². The van der Waals surface area contributed by atoms with E-state index >= 15 is 0 Å². The number of nitrogens with zero attached hydrogens (tertiary/aromatic N) is 2. The second kappa shape index (κ2) is 5.20. The maximum absolute atomic E-state index is 13.4. The molecule has 0 unspecified atom stereocenters. The molecule has 0 fully saturated rings. The Morgan fingerprint density at radius 3 is 2.61 bits per heavy atom. The van der Waals surface area contributed by atoms with Crippen LogP contribution in [-0.4, -0.2) is 20.6 Å².